The van der Waals surface area contributed by atoms with Crippen molar-refractivity contribution in [2.24, 2.45) is 29.6 Å². The summed E-state index contributed by atoms with van der Waals surface area (Å²) in [6.45, 7) is 0. The van der Waals surface area contributed by atoms with Crippen LogP contribution in [0.4, 0.5) is 0 Å². The third-order valence-corrected chi connectivity index (χ3v) is 5.58. The van der Waals surface area contributed by atoms with E-state index in [0.29, 0.717) is 17.6 Å². The third kappa shape index (κ3) is 1.76. The minimum atomic E-state index is -0.272. The molecule has 94 valence electrons. The van der Waals surface area contributed by atoms with Gasteiger partial charge in [0, 0.05) is 17.8 Å². The molecule has 2 nitrogen and oxygen atoms in total. The molecule has 3 fully saturated rings. The van der Waals surface area contributed by atoms with E-state index < -0.39 is 0 Å². The molecule has 0 amide bonds. The first-order chi connectivity index (χ1) is 8.20. The van der Waals surface area contributed by atoms with Crippen molar-refractivity contribution in [3.63, 3.8) is 0 Å². The minimum Gasteiger partial charge on any atom is -0.299 e. The number of Topliss-reactive ketones (excluding diaryl/α,β-unsaturated/α-hetero) is 1. The molecular weight excluding hydrogens is 236 g/mol. The summed E-state index contributed by atoms with van der Waals surface area (Å²) in [5.74, 6) is 1.47. The summed E-state index contributed by atoms with van der Waals surface area (Å²) in [6, 6.07) is 0. The second-order valence-corrected chi connectivity index (χ2v) is 6.36. The molecule has 17 heavy (non-hydrogen) atoms. The number of hydrogen-bond donors (Lipinski definition) is 0. The molecule has 0 aromatic carbocycles. The minimum absolute atomic E-state index is 0.0261. The van der Waals surface area contributed by atoms with Crippen LogP contribution in [0.3, 0.4) is 0 Å². The predicted octanol–water partition coefficient (Wildman–Crippen LogP) is 3.17. The van der Waals surface area contributed by atoms with E-state index in [9.17, 15) is 9.59 Å². The van der Waals surface area contributed by atoms with Gasteiger partial charge < -0.3 is 0 Å². The van der Waals surface area contributed by atoms with Crippen LogP contribution in [0.5, 0.6) is 0 Å². The van der Waals surface area contributed by atoms with Crippen molar-refractivity contribution in [3.05, 3.63) is 0 Å². The van der Waals surface area contributed by atoms with E-state index in [1.54, 1.807) is 0 Å². The summed E-state index contributed by atoms with van der Waals surface area (Å²) in [7, 11) is 0. The number of halogens is 1. The lowest BCUT2D eigenvalue weighted by Gasteiger charge is -2.34. The van der Waals surface area contributed by atoms with Gasteiger partial charge in [-0.05, 0) is 49.1 Å². The lowest BCUT2D eigenvalue weighted by Crippen LogP contribution is -2.33. The number of carbonyl (C=O) groups excluding carboxylic acids is 2. The lowest BCUT2D eigenvalue weighted by molar-refractivity contribution is -0.131. The standard InChI is InChI=1S/C14H19ClO2/c15-14(17)11-7-3-6-9-8-4-1-2-5-10(8)13(16)12(9)11/h8-12H,1-7H2. The molecule has 0 spiro atoms. The highest BCUT2D eigenvalue weighted by atomic mass is 35.5. The number of carbonyl (C=O) groups is 2. The molecule has 5 unspecified atom stereocenters. The fourth-order valence-corrected chi connectivity index (χ4v) is 4.89. The van der Waals surface area contributed by atoms with E-state index in [1.165, 1.54) is 19.3 Å². The van der Waals surface area contributed by atoms with Gasteiger partial charge in [0.25, 0.3) is 0 Å². The molecule has 3 aliphatic carbocycles. The Labute approximate surface area is 107 Å². The third-order valence-electron chi connectivity index (χ3n) is 5.30. The summed E-state index contributed by atoms with van der Waals surface area (Å²) in [5.41, 5.74) is 0. The normalized spacial score (nSPS) is 45.2. The molecule has 3 saturated carbocycles. The highest BCUT2D eigenvalue weighted by molar-refractivity contribution is 6.64. The van der Waals surface area contributed by atoms with Gasteiger partial charge in [-0.3, -0.25) is 9.59 Å². The van der Waals surface area contributed by atoms with Gasteiger partial charge in [-0.2, -0.15) is 0 Å². The first kappa shape index (κ1) is 11.7. The van der Waals surface area contributed by atoms with Crippen LogP contribution >= 0.6 is 11.6 Å². The van der Waals surface area contributed by atoms with Crippen LogP contribution < -0.4 is 0 Å². The van der Waals surface area contributed by atoms with Crippen molar-refractivity contribution in [2.75, 3.05) is 0 Å². The molecule has 0 saturated heterocycles. The maximum Gasteiger partial charge on any atom is 0.225 e. The predicted molar refractivity (Wildman–Crippen MR) is 65.6 cm³/mol. The summed E-state index contributed by atoms with van der Waals surface area (Å²) < 4.78 is 0. The van der Waals surface area contributed by atoms with Gasteiger partial charge >= 0.3 is 0 Å². The van der Waals surface area contributed by atoms with Crippen molar-refractivity contribution in [1.82, 2.24) is 0 Å². The van der Waals surface area contributed by atoms with Gasteiger partial charge in [-0.1, -0.05) is 19.3 Å². The Morgan fingerprint density at radius 3 is 2.47 bits per heavy atom. The first-order valence-electron chi connectivity index (χ1n) is 6.93. The van der Waals surface area contributed by atoms with Crippen LogP contribution in [0.25, 0.3) is 0 Å². The second kappa shape index (κ2) is 4.38. The molecule has 0 bridgehead atoms. The molecule has 0 aromatic rings. The Morgan fingerprint density at radius 1 is 1.00 bits per heavy atom. The molecule has 0 aliphatic heterocycles. The van der Waals surface area contributed by atoms with Gasteiger partial charge in [0.05, 0.1) is 0 Å². The van der Waals surface area contributed by atoms with Crippen LogP contribution in [0.15, 0.2) is 0 Å². The van der Waals surface area contributed by atoms with Crippen LogP contribution in [0.1, 0.15) is 44.9 Å². The van der Waals surface area contributed by atoms with E-state index >= 15 is 0 Å². The summed E-state index contributed by atoms with van der Waals surface area (Å²) in [6.07, 6.45) is 7.73. The number of rotatable bonds is 1. The van der Waals surface area contributed by atoms with E-state index in [1.807, 2.05) is 0 Å². The Hall–Kier alpha value is -0.370. The Bertz CT molecular complexity index is 352. The summed E-state index contributed by atoms with van der Waals surface area (Å²) in [4.78, 5) is 24.0. The van der Waals surface area contributed by atoms with E-state index in [0.717, 1.165) is 25.7 Å². The highest BCUT2D eigenvalue weighted by Gasteiger charge is 2.54. The fraction of sp³-hybridized carbons (Fsp3) is 0.857. The molecule has 0 N–H and O–H groups in total. The van der Waals surface area contributed by atoms with Crippen molar-refractivity contribution in [2.45, 2.75) is 44.9 Å². The largest absolute Gasteiger partial charge is 0.299 e. The van der Waals surface area contributed by atoms with Crippen molar-refractivity contribution >= 4 is 22.6 Å². The second-order valence-electron chi connectivity index (χ2n) is 5.99. The maximum absolute atomic E-state index is 12.5. The molecular formula is C14H19ClO2. The van der Waals surface area contributed by atoms with Gasteiger partial charge in [0.15, 0.2) is 0 Å². The molecule has 3 aliphatic rings. The Morgan fingerprint density at radius 2 is 1.71 bits per heavy atom. The zero-order valence-electron chi connectivity index (χ0n) is 10.0. The van der Waals surface area contributed by atoms with Crippen molar-refractivity contribution in [1.29, 1.82) is 0 Å². The first-order valence-corrected chi connectivity index (χ1v) is 7.31. The quantitative estimate of drug-likeness (QED) is 0.674. The van der Waals surface area contributed by atoms with Crippen LogP contribution in [-0.2, 0) is 9.59 Å². The number of hydrogen-bond acceptors (Lipinski definition) is 2. The summed E-state index contributed by atoms with van der Waals surface area (Å²) >= 11 is 5.69. The van der Waals surface area contributed by atoms with Crippen molar-refractivity contribution in [3.8, 4) is 0 Å². The SMILES string of the molecule is O=C(Cl)C1CCCC2C3CCCCC3C(=O)C12. The Kier molecular flexibility index (Phi) is 3.02. The zero-order valence-corrected chi connectivity index (χ0v) is 10.8. The maximum atomic E-state index is 12.5. The monoisotopic (exact) mass is 254 g/mol. The molecule has 0 radical (unpaired) electrons. The fourth-order valence-electron chi connectivity index (χ4n) is 4.65. The number of fused-ring (bicyclic) bond motifs is 3. The van der Waals surface area contributed by atoms with E-state index in [-0.39, 0.29) is 23.0 Å². The lowest BCUT2D eigenvalue weighted by atomic mass is 9.70. The average Bonchev–Trinajstić information content (AvgIpc) is 2.64. The zero-order chi connectivity index (χ0) is 12.0. The smallest absolute Gasteiger partial charge is 0.225 e. The average molecular weight is 255 g/mol. The molecule has 5 atom stereocenters. The highest BCUT2D eigenvalue weighted by Crippen LogP contribution is 2.54. The molecule has 3 heteroatoms. The van der Waals surface area contributed by atoms with Crippen LogP contribution in [0.2, 0.25) is 0 Å². The van der Waals surface area contributed by atoms with E-state index in [2.05, 4.69) is 0 Å². The topological polar surface area (TPSA) is 34.1 Å². The molecule has 0 heterocycles. The van der Waals surface area contributed by atoms with Crippen molar-refractivity contribution < 1.29 is 9.59 Å². The van der Waals surface area contributed by atoms with Crippen LogP contribution in [-0.4, -0.2) is 11.0 Å². The summed E-state index contributed by atoms with van der Waals surface area (Å²) in [5, 5.41) is -0.272. The van der Waals surface area contributed by atoms with Gasteiger partial charge in [-0.25, -0.2) is 0 Å². The number of ketones is 1. The Balaban J connectivity index is 1.90. The molecule has 0 aromatic heterocycles. The van der Waals surface area contributed by atoms with E-state index in [4.69, 9.17) is 11.6 Å². The van der Waals surface area contributed by atoms with Gasteiger partial charge in [0.1, 0.15) is 5.78 Å². The van der Waals surface area contributed by atoms with Gasteiger partial charge in [-0.15, -0.1) is 0 Å². The van der Waals surface area contributed by atoms with Gasteiger partial charge in [0.2, 0.25) is 5.24 Å². The molecule has 3 rings (SSSR count). The van der Waals surface area contributed by atoms with Crippen LogP contribution in [0, 0.1) is 29.6 Å².